The van der Waals surface area contributed by atoms with Crippen LogP contribution in [0.1, 0.15) is 70.1 Å². The van der Waals surface area contributed by atoms with E-state index in [1.165, 1.54) is 64.1 Å². The van der Waals surface area contributed by atoms with Crippen LogP contribution in [0.5, 0.6) is 0 Å². The molecule has 10 rings (SSSR count). The Labute approximate surface area is 393 Å². The molecule has 319 valence electrons. The Morgan fingerprint density at radius 2 is 1.29 bits per heavy atom. The van der Waals surface area contributed by atoms with Crippen molar-refractivity contribution in [1.82, 2.24) is 14.5 Å². The molecule has 7 aromatic carbocycles. The molecule has 0 saturated heterocycles. The second-order valence-corrected chi connectivity index (χ2v) is 30.5. The largest absolute Gasteiger partial charge is 0.333 e. The summed E-state index contributed by atoms with van der Waals surface area (Å²) in [7, 11) is 0. The Bertz CT molecular complexity index is 3220. The molecule has 3 aromatic heterocycles. The van der Waals surface area contributed by atoms with E-state index < -0.39 is 13.3 Å². The minimum absolute atomic E-state index is 0. The molecular formula is C57H55GeIrN3S-2. The summed E-state index contributed by atoms with van der Waals surface area (Å²) in [5.74, 6) is 9.70. The third-order valence-corrected chi connectivity index (χ3v) is 17.5. The number of fused-ring (bicyclic) bond motifs is 6. The Morgan fingerprint density at radius 1 is 0.635 bits per heavy atom. The van der Waals surface area contributed by atoms with E-state index >= 15 is 0 Å². The number of aromatic nitrogens is 3. The first-order chi connectivity index (χ1) is 29.8. The summed E-state index contributed by atoms with van der Waals surface area (Å²) in [4.78, 5) is 9.95. The van der Waals surface area contributed by atoms with Crippen molar-refractivity contribution in [3.05, 3.63) is 168 Å². The van der Waals surface area contributed by atoms with Gasteiger partial charge in [0, 0.05) is 30.5 Å². The van der Waals surface area contributed by atoms with Crippen molar-refractivity contribution in [3.8, 4) is 28.3 Å². The van der Waals surface area contributed by atoms with Gasteiger partial charge in [-0.1, -0.05) is 87.7 Å². The van der Waals surface area contributed by atoms with Crippen molar-refractivity contribution in [2.45, 2.75) is 77.1 Å². The summed E-state index contributed by atoms with van der Waals surface area (Å²) in [5.41, 5.74) is 10.7. The third-order valence-electron chi connectivity index (χ3n) is 12.0. The van der Waals surface area contributed by atoms with Gasteiger partial charge in [0.25, 0.3) is 0 Å². The zero-order valence-electron chi connectivity index (χ0n) is 37.8. The average molecular weight is 1080 g/mol. The summed E-state index contributed by atoms with van der Waals surface area (Å²) in [6.45, 7) is 13.7. The molecule has 0 saturated carbocycles. The van der Waals surface area contributed by atoms with Crippen LogP contribution >= 0.6 is 11.3 Å². The van der Waals surface area contributed by atoms with Gasteiger partial charge < -0.3 is 4.57 Å². The van der Waals surface area contributed by atoms with Crippen LogP contribution in [0.2, 0.25) is 17.3 Å². The van der Waals surface area contributed by atoms with Gasteiger partial charge in [0.15, 0.2) is 0 Å². The van der Waals surface area contributed by atoms with Gasteiger partial charge in [-0.25, -0.2) is 0 Å². The molecule has 0 aliphatic carbocycles. The molecule has 63 heavy (non-hydrogen) atoms. The minimum atomic E-state index is -1.86. The second-order valence-electron chi connectivity index (χ2n) is 18.8. The monoisotopic (exact) mass is 1080 g/mol. The van der Waals surface area contributed by atoms with Crippen LogP contribution < -0.4 is 4.40 Å². The molecule has 1 radical (unpaired) electrons. The van der Waals surface area contributed by atoms with Crippen LogP contribution in [0.4, 0.5) is 0 Å². The van der Waals surface area contributed by atoms with Crippen molar-refractivity contribution in [1.29, 1.82) is 0 Å². The van der Waals surface area contributed by atoms with Gasteiger partial charge in [-0.05, 0) is 91.0 Å². The van der Waals surface area contributed by atoms with Crippen molar-refractivity contribution in [3.63, 3.8) is 0 Å². The molecule has 0 aliphatic heterocycles. The van der Waals surface area contributed by atoms with E-state index in [0.717, 1.165) is 40.1 Å². The van der Waals surface area contributed by atoms with Gasteiger partial charge in [0.1, 0.15) is 0 Å². The second kappa shape index (κ2) is 18.3. The quantitative estimate of drug-likeness (QED) is 0.0862. The number of imidazole rings is 1. The number of thiophene rings is 1. The first kappa shape index (κ1) is 44.7. The first-order valence-corrected chi connectivity index (χ1v) is 30.3. The summed E-state index contributed by atoms with van der Waals surface area (Å²) in [6, 6.07) is 55.0. The zero-order valence-corrected chi connectivity index (χ0v) is 43.1. The van der Waals surface area contributed by atoms with E-state index in [4.69, 9.17) is 9.97 Å². The summed E-state index contributed by atoms with van der Waals surface area (Å²) in [5, 5.41) is 7.67. The van der Waals surface area contributed by atoms with Gasteiger partial charge >= 0.3 is 126 Å². The van der Waals surface area contributed by atoms with Crippen molar-refractivity contribution < 1.29 is 20.1 Å². The normalized spacial score (nSPS) is 11.9. The van der Waals surface area contributed by atoms with Crippen LogP contribution in [0.3, 0.4) is 0 Å². The molecule has 3 nitrogen and oxygen atoms in total. The minimum Gasteiger partial charge on any atom is -0.333 e. The third kappa shape index (κ3) is 8.96. The van der Waals surface area contributed by atoms with Crippen LogP contribution in [0.25, 0.3) is 81.1 Å². The maximum absolute atomic E-state index is 5.25. The molecule has 0 unspecified atom stereocenters. The fraction of sp³-hybridized carbons (Fsp3) is 0.228. The van der Waals surface area contributed by atoms with Crippen molar-refractivity contribution in [2.24, 2.45) is 5.92 Å². The SMILES string of the molecule is CC(C)Cc1cc(-c2[c-]cccc2)nc[c]1[Ge]([CH3])([CH3])[CH3].CC(C)c1cccc(C(C)C)c1-n1c(-c2[c-]cc3sc4cc5cc6ccccc6cc5cc4c3c2)nc2ccccc21.[Ir]. The Balaban J connectivity index is 0.000000219. The fourth-order valence-corrected chi connectivity index (χ4v) is 13.4. The number of benzene rings is 7. The van der Waals surface area contributed by atoms with E-state index in [2.05, 4.69) is 197 Å². The summed E-state index contributed by atoms with van der Waals surface area (Å²) in [6.07, 6.45) is 3.27. The van der Waals surface area contributed by atoms with Crippen LogP contribution in [0, 0.1) is 18.1 Å². The fourth-order valence-electron chi connectivity index (χ4n) is 8.97. The standard InChI is InChI=1S/C39H31N2S.C18H24GeN.Ir/c1-23(2)30-12-9-13-31(24(3)4)38(30)41-35-15-8-7-14-34(35)40-39(41)27-16-17-36-32(20-27)33-21-28-18-25-10-5-6-11-26(25)19-29(28)22-37(33)42-36;1-14(2)11-16-12-18(15-9-7-6-8-10-15)20-13-17(16)19(3,4)5;/h5-15,17-24H,1-4H3;6-9,12-14H,11H2,1-5H3;/q2*-1;. The Morgan fingerprint density at radius 3 is 1.94 bits per heavy atom. The molecule has 10 aromatic rings. The van der Waals surface area contributed by atoms with Gasteiger partial charge in [-0.3, -0.25) is 4.98 Å². The molecule has 0 spiro atoms. The number of rotatable bonds is 8. The predicted molar refractivity (Wildman–Crippen MR) is 271 cm³/mol. The molecule has 3 heterocycles. The van der Waals surface area contributed by atoms with Crippen LogP contribution in [-0.2, 0) is 26.5 Å². The van der Waals surface area contributed by atoms with Gasteiger partial charge in [0.2, 0.25) is 0 Å². The van der Waals surface area contributed by atoms with Crippen molar-refractivity contribution >= 4 is 81.7 Å². The average Bonchev–Trinajstić information content (AvgIpc) is 3.82. The topological polar surface area (TPSA) is 30.7 Å². The zero-order chi connectivity index (χ0) is 43.3. The number of hydrogen-bond donors (Lipinski definition) is 0. The molecule has 0 N–H and O–H groups in total. The smallest absolute Gasteiger partial charge is 0.0774 e. The van der Waals surface area contributed by atoms with E-state index in [1.54, 1.807) is 4.40 Å². The van der Waals surface area contributed by atoms with Crippen LogP contribution in [-0.4, -0.2) is 27.8 Å². The molecule has 0 fully saturated rings. The first-order valence-electron chi connectivity index (χ1n) is 22.1. The molecule has 0 bridgehead atoms. The number of hydrogen-bond acceptors (Lipinski definition) is 3. The van der Waals surface area contributed by atoms with Gasteiger partial charge in [-0.15, -0.1) is 23.8 Å². The molecule has 6 heteroatoms. The maximum Gasteiger partial charge on any atom is 0.0774 e. The summed E-state index contributed by atoms with van der Waals surface area (Å²) >= 11 is -0.0124. The van der Waals surface area contributed by atoms with E-state index in [9.17, 15) is 0 Å². The molecule has 0 amide bonds. The van der Waals surface area contributed by atoms with Gasteiger partial charge in [-0.2, -0.15) is 11.3 Å². The number of pyridine rings is 1. The number of para-hydroxylation sites is 3. The van der Waals surface area contributed by atoms with E-state index in [-0.39, 0.29) is 20.1 Å². The Hall–Kier alpha value is -4.91. The van der Waals surface area contributed by atoms with Gasteiger partial charge in [0.05, 0.1) is 16.9 Å². The van der Waals surface area contributed by atoms with E-state index in [0.29, 0.717) is 17.8 Å². The number of nitrogens with zero attached hydrogens (tertiary/aromatic N) is 3. The molecule has 0 atom stereocenters. The van der Waals surface area contributed by atoms with Crippen molar-refractivity contribution in [2.75, 3.05) is 0 Å². The molecule has 0 aliphatic rings. The maximum atomic E-state index is 5.25. The predicted octanol–water partition coefficient (Wildman–Crippen LogP) is 15.7. The van der Waals surface area contributed by atoms with E-state index in [1.807, 2.05) is 29.5 Å². The Kier molecular flexibility index (Phi) is 13.0. The molecular weight excluding hydrogens is 1020 g/mol. The van der Waals surface area contributed by atoms with Crippen LogP contribution in [0.15, 0.2) is 140 Å². The summed E-state index contributed by atoms with van der Waals surface area (Å²) < 4.78 is 6.49.